The van der Waals surface area contributed by atoms with E-state index in [-0.39, 0.29) is 22.5 Å². The summed E-state index contributed by atoms with van der Waals surface area (Å²) < 4.78 is 23.5. The molecule has 0 heterocycles. The third-order valence-electron chi connectivity index (χ3n) is 3.43. The molecule has 2 rings (SSSR count). The average Bonchev–Trinajstić information content (AvgIpc) is 2.53. The van der Waals surface area contributed by atoms with Crippen LogP contribution in [0.3, 0.4) is 0 Å². The zero-order chi connectivity index (χ0) is 17.0. The highest BCUT2D eigenvalue weighted by atomic mass is 35.5. The third kappa shape index (κ3) is 3.93. The maximum absolute atomic E-state index is 13.1. The number of carbonyl (C=O) groups excluding carboxylic acids is 1. The molecule has 4 nitrogen and oxygen atoms in total. The summed E-state index contributed by atoms with van der Waals surface area (Å²) in [6.07, 6.45) is 0. The normalized spacial score (nSPS) is 11.7. The van der Waals surface area contributed by atoms with Crippen molar-refractivity contribution in [2.45, 2.75) is 13.0 Å². The van der Waals surface area contributed by atoms with E-state index in [0.717, 1.165) is 11.6 Å². The fraction of sp³-hybridized carbons (Fsp3) is 0.235. The van der Waals surface area contributed by atoms with Gasteiger partial charge in [0.25, 0.3) is 5.91 Å². The van der Waals surface area contributed by atoms with Gasteiger partial charge in [0.15, 0.2) is 11.5 Å². The molecule has 2 aromatic rings. The fourth-order valence-corrected chi connectivity index (χ4v) is 2.41. The van der Waals surface area contributed by atoms with Gasteiger partial charge in [0.05, 0.1) is 30.8 Å². The van der Waals surface area contributed by atoms with Gasteiger partial charge in [0, 0.05) is 0 Å². The van der Waals surface area contributed by atoms with Gasteiger partial charge >= 0.3 is 0 Å². The highest BCUT2D eigenvalue weighted by Crippen LogP contribution is 2.30. The molecule has 1 unspecified atom stereocenters. The first-order valence-electron chi connectivity index (χ1n) is 6.94. The van der Waals surface area contributed by atoms with Crippen molar-refractivity contribution in [2.75, 3.05) is 14.2 Å². The summed E-state index contributed by atoms with van der Waals surface area (Å²) in [6, 6.07) is 8.76. The number of rotatable bonds is 5. The Morgan fingerprint density at radius 3 is 2.43 bits per heavy atom. The number of ether oxygens (including phenoxy) is 2. The van der Waals surface area contributed by atoms with Gasteiger partial charge in [-0.15, -0.1) is 0 Å². The molecule has 0 spiro atoms. The Balaban J connectivity index is 2.18. The summed E-state index contributed by atoms with van der Waals surface area (Å²) in [4.78, 5) is 12.3. The fourth-order valence-electron chi connectivity index (χ4n) is 2.15. The molecule has 0 radical (unpaired) electrons. The molecule has 23 heavy (non-hydrogen) atoms. The molecule has 6 heteroatoms. The lowest BCUT2D eigenvalue weighted by Gasteiger charge is -2.17. The summed E-state index contributed by atoms with van der Waals surface area (Å²) in [5, 5.41) is 2.89. The molecule has 122 valence electrons. The lowest BCUT2D eigenvalue weighted by molar-refractivity contribution is 0.0940. The molecule has 2 aromatic carbocycles. The van der Waals surface area contributed by atoms with Gasteiger partial charge in [-0.25, -0.2) is 4.39 Å². The van der Waals surface area contributed by atoms with Gasteiger partial charge in [-0.1, -0.05) is 17.7 Å². The zero-order valence-corrected chi connectivity index (χ0v) is 13.8. The lowest BCUT2D eigenvalue weighted by Crippen LogP contribution is -2.27. The van der Waals surface area contributed by atoms with E-state index in [2.05, 4.69) is 5.32 Å². The van der Waals surface area contributed by atoms with Crippen molar-refractivity contribution in [1.29, 1.82) is 0 Å². The van der Waals surface area contributed by atoms with Crippen molar-refractivity contribution < 1.29 is 18.7 Å². The molecular weight excluding hydrogens is 321 g/mol. The highest BCUT2D eigenvalue weighted by Gasteiger charge is 2.16. The minimum Gasteiger partial charge on any atom is -0.493 e. The summed E-state index contributed by atoms with van der Waals surface area (Å²) in [7, 11) is 3.10. The molecule has 0 aliphatic rings. The number of halogens is 2. The van der Waals surface area contributed by atoms with E-state index in [1.807, 2.05) is 13.0 Å². The van der Waals surface area contributed by atoms with Gasteiger partial charge in [0.1, 0.15) is 5.82 Å². The first-order chi connectivity index (χ1) is 11.0. The number of nitrogens with one attached hydrogen (secondary N) is 1. The van der Waals surface area contributed by atoms with Crippen LogP contribution in [0.4, 0.5) is 4.39 Å². The smallest absolute Gasteiger partial charge is 0.253 e. The first kappa shape index (κ1) is 17.1. The van der Waals surface area contributed by atoms with Crippen LogP contribution in [-0.4, -0.2) is 20.1 Å². The standard InChI is InChI=1S/C17H17ClFNO3/c1-10(11-4-7-15(22-2)16(8-11)23-3)20-17(21)13-6-5-12(19)9-14(13)18/h4-10H,1-3H3,(H,20,21). The van der Waals surface area contributed by atoms with Crippen LogP contribution >= 0.6 is 11.6 Å². The number of methoxy groups -OCH3 is 2. The second-order valence-electron chi connectivity index (χ2n) is 4.93. The van der Waals surface area contributed by atoms with Crippen molar-refractivity contribution in [3.05, 3.63) is 58.4 Å². The van der Waals surface area contributed by atoms with Crippen molar-refractivity contribution in [2.24, 2.45) is 0 Å². The predicted molar refractivity (Wildman–Crippen MR) is 86.8 cm³/mol. The van der Waals surface area contributed by atoms with Gasteiger partial charge in [-0.2, -0.15) is 0 Å². The molecule has 0 aliphatic carbocycles. The van der Waals surface area contributed by atoms with Crippen LogP contribution in [0.1, 0.15) is 28.9 Å². The maximum Gasteiger partial charge on any atom is 0.253 e. The van der Waals surface area contributed by atoms with E-state index in [1.165, 1.54) is 12.1 Å². The molecular formula is C17H17ClFNO3. The van der Waals surface area contributed by atoms with Crippen molar-refractivity contribution >= 4 is 17.5 Å². The summed E-state index contributed by atoms with van der Waals surface area (Å²) >= 11 is 5.90. The molecule has 1 amide bonds. The average molecular weight is 338 g/mol. The Hall–Kier alpha value is -2.27. The second-order valence-corrected chi connectivity index (χ2v) is 5.34. The van der Waals surface area contributed by atoms with Crippen LogP contribution in [-0.2, 0) is 0 Å². The van der Waals surface area contributed by atoms with Crippen molar-refractivity contribution in [1.82, 2.24) is 5.32 Å². The van der Waals surface area contributed by atoms with Crippen LogP contribution in [0.15, 0.2) is 36.4 Å². The van der Waals surface area contributed by atoms with Gasteiger partial charge in [-0.05, 0) is 42.8 Å². The van der Waals surface area contributed by atoms with E-state index < -0.39 is 5.82 Å². The van der Waals surface area contributed by atoms with Crippen LogP contribution in [0.2, 0.25) is 5.02 Å². The Kier molecular flexibility index (Phi) is 5.45. The van der Waals surface area contributed by atoms with Crippen LogP contribution in [0.5, 0.6) is 11.5 Å². The summed E-state index contributed by atoms with van der Waals surface area (Å²) in [6.45, 7) is 1.83. The topological polar surface area (TPSA) is 47.6 Å². The largest absolute Gasteiger partial charge is 0.493 e. The highest BCUT2D eigenvalue weighted by molar-refractivity contribution is 6.33. The molecule has 1 atom stereocenters. The number of hydrogen-bond donors (Lipinski definition) is 1. The number of carbonyl (C=O) groups is 1. The maximum atomic E-state index is 13.1. The minimum absolute atomic E-state index is 0.0713. The zero-order valence-electron chi connectivity index (χ0n) is 13.0. The molecule has 0 fully saturated rings. The molecule has 0 bridgehead atoms. The molecule has 1 N–H and O–H groups in total. The Labute approximate surface area is 139 Å². The SMILES string of the molecule is COc1ccc(C(C)NC(=O)c2ccc(F)cc2Cl)cc1OC. The number of amides is 1. The number of benzene rings is 2. The second kappa shape index (κ2) is 7.33. The van der Waals surface area contributed by atoms with Gasteiger partial charge < -0.3 is 14.8 Å². The van der Waals surface area contributed by atoms with Crippen LogP contribution in [0.25, 0.3) is 0 Å². The van der Waals surface area contributed by atoms with E-state index in [4.69, 9.17) is 21.1 Å². The van der Waals surface area contributed by atoms with E-state index >= 15 is 0 Å². The van der Waals surface area contributed by atoms with Crippen molar-refractivity contribution in [3.8, 4) is 11.5 Å². The summed E-state index contributed by atoms with van der Waals surface area (Å²) in [5.41, 5.74) is 1.06. The number of hydrogen-bond acceptors (Lipinski definition) is 3. The van der Waals surface area contributed by atoms with Crippen LogP contribution < -0.4 is 14.8 Å². The predicted octanol–water partition coefficient (Wildman–Crippen LogP) is 3.99. The molecule has 0 saturated carbocycles. The minimum atomic E-state index is -0.487. The van der Waals surface area contributed by atoms with E-state index in [9.17, 15) is 9.18 Å². The Morgan fingerprint density at radius 2 is 1.83 bits per heavy atom. The first-order valence-corrected chi connectivity index (χ1v) is 7.32. The quantitative estimate of drug-likeness (QED) is 0.897. The summed E-state index contributed by atoms with van der Waals surface area (Å²) in [5.74, 6) is 0.319. The van der Waals surface area contributed by atoms with E-state index in [0.29, 0.717) is 11.5 Å². The van der Waals surface area contributed by atoms with Crippen LogP contribution in [0, 0.1) is 5.82 Å². The van der Waals surface area contributed by atoms with Crippen molar-refractivity contribution in [3.63, 3.8) is 0 Å². The molecule has 0 aromatic heterocycles. The Bertz CT molecular complexity index is 721. The van der Waals surface area contributed by atoms with Gasteiger partial charge in [0.2, 0.25) is 0 Å². The molecule has 0 aliphatic heterocycles. The Morgan fingerprint density at radius 1 is 1.13 bits per heavy atom. The van der Waals surface area contributed by atoms with E-state index in [1.54, 1.807) is 26.4 Å². The third-order valence-corrected chi connectivity index (χ3v) is 3.74. The lowest BCUT2D eigenvalue weighted by atomic mass is 10.1. The van der Waals surface area contributed by atoms with Gasteiger partial charge in [-0.3, -0.25) is 4.79 Å². The monoisotopic (exact) mass is 337 g/mol. The molecule has 0 saturated heterocycles.